The maximum absolute atomic E-state index is 4.71. The van der Waals surface area contributed by atoms with E-state index < -0.39 is 0 Å². The standard InChI is InChI=1S/C14H23N3/c1-3-4-13-9-10-16-14(17-13)11-5-7-12(15-2)8-6-11/h9-12,15H,3-8H2,1-2H3. The zero-order valence-electron chi connectivity index (χ0n) is 10.9. The third-order valence-electron chi connectivity index (χ3n) is 3.74. The quantitative estimate of drug-likeness (QED) is 0.869. The Morgan fingerprint density at radius 3 is 2.71 bits per heavy atom. The minimum atomic E-state index is 0.580. The Kier molecular flexibility index (Phi) is 4.49. The van der Waals surface area contributed by atoms with Gasteiger partial charge in [0.2, 0.25) is 0 Å². The van der Waals surface area contributed by atoms with Crippen LogP contribution in [-0.2, 0) is 6.42 Å². The van der Waals surface area contributed by atoms with E-state index in [9.17, 15) is 0 Å². The molecule has 3 nitrogen and oxygen atoms in total. The Bertz CT molecular complexity index is 343. The largest absolute Gasteiger partial charge is 0.317 e. The van der Waals surface area contributed by atoms with Gasteiger partial charge in [0.15, 0.2) is 0 Å². The number of hydrogen-bond acceptors (Lipinski definition) is 3. The van der Waals surface area contributed by atoms with Gasteiger partial charge < -0.3 is 5.32 Å². The fraction of sp³-hybridized carbons (Fsp3) is 0.714. The highest BCUT2D eigenvalue weighted by Crippen LogP contribution is 2.30. The van der Waals surface area contributed by atoms with Crippen molar-refractivity contribution in [3.8, 4) is 0 Å². The summed E-state index contributed by atoms with van der Waals surface area (Å²) in [5, 5.41) is 3.37. The van der Waals surface area contributed by atoms with Crippen molar-refractivity contribution < 1.29 is 0 Å². The molecule has 1 heterocycles. The molecular formula is C14H23N3. The van der Waals surface area contributed by atoms with Crippen molar-refractivity contribution in [2.24, 2.45) is 0 Å². The van der Waals surface area contributed by atoms with E-state index >= 15 is 0 Å². The molecule has 1 aromatic heterocycles. The molecule has 1 N–H and O–H groups in total. The predicted octanol–water partition coefficient (Wildman–Crippen LogP) is 2.67. The van der Waals surface area contributed by atoms with Gasteiger partial charge in [-0.15, -0.1) is 0 Å². The molecule has 0 aliphatic heterocycles. The van der Waals surface area contributed by atoms with E-state index in [0.29, 0.717) is 12.0 Å². The lowest BCUT2D eigenvalue weighted by molar-refractivity contribution is 0.350. The van der Waals surface area contributed by atoms with E-state index in [0.717, 1.165) is 18.7 Å². The van der Waals surface area contributed by atoms with E-state index in [-0.39, 0.29) is 0 Å². The average molecular weight is 233 g/mol. The minimum absolute atomic E-state index is 0.580. The zero-order chi connectivity index (χ0) is 12.1. The molecule has 1 fully saturated rings. The van der Waals surface area contributed by atoms with Gasteiger partial charge in [0, 0.05) is 23.9 Å². The summed E-state index contributed by atoms with van der Waals surface area (Å²) in [6, 6.07) is 2.75. The molecule has 0 saturated heterocycles. The summed E-state index contributed by atoms with van der Waals surface area (Å²) in [7, 11) is 2.06. The van der Waals surface area contributed by atoms with Crippen LogP contribution < -0.4 is 5.32 Å². The normalized spacial score (nSPS) is 24.8. The van der Waals surface area contributed by atoms with E-state index in [1.54, 1.807) is 0 Å². The number of hydrogen-bond donors (Lipinski definition) is 1. The Morgan fingerprint density at radius 2 is 2.06 bits per heavy atom. The van der Waals surface area contributed by atoms with Crippen LogP contribution in [0.3, 0.4) is 0 Å². The Labute approximate surface area is 104 Å². The van der Waals surface area contributed by atoms with Crippen LogP contribution in [0, 0.1) is 0 Å². The highest BCUT2D eigenvalue weighted by Gasteiger charge is 2.23. The minimum Gasteiger partial charge on any atom is -0.317 e. The molecule has 1 aliphatic rings. The van der Waals surface area contributed by atoms with Gasteiger partial charge in [0.1, 0.15) is 5.82 Å². The molecule has 0 aromatic carbocycles. The van der Waals surface area contributed by atoms with Gasteiger partial charge in [0.05, 0.1) is 0 Å². The molecule has 1 saturated carbocycles. The molecule has 3 heteroatoms. The van der Waals surface area contributed by atoms with Crippen LogP contribution in [0.2, 0.25) is 0 Å². The molecule has 0 radical (unpaired) electrons. The third kappa shape index (κ3) is 3.25. The number of aromatic nitrogens is 2. The van der Waals surface area contributed by atoms with E-state index in [4.69, 9.17) is 4.98 Å². The fourth-order valence-electron chi connectivity index (χ4n) is 2.65. The predicted molar refractivity (Wildman–Crippen MR) is 70.1 cm³/mol. The Hall–Kier alpha value is -0.960. The molecule has 0 bridgehead atoms. The fourth-order valence-corrected chi connectivity index (χ4v) is 2.65. The second-order valence-electron chi connectivity index (χ2n) is 4.99. The molecule has 2 rings (SSSR count). The smallest absolute Gasteiger partial charge is 0.131 e. The summed E-state index contributed by atoms with van der Waals surface area (Å²) in [4.78, 5) is 9.17. The van der Waals surface area contributed by atoms with Crippen LogP contribution in [0.15, 0.2) is 12.3 Å². The van der Waals surface area contributed by atoms with Gasteiger partial charge in [-0.25, -0.2) is 9.97 Å². The maximum Gasteiger partial charge on any atom is 0.131 e. The molecule has 1 aromatic rings. The monoisotopic (exact) mass is 233 g/mol. The number of aryl methyl sites for hydroxylation is 1. The average Bonchev–Trinajstić information content (AvgIpc) is 2.40. The van der Waals surface area contributed by atoms with Crippen molar-refractivity contribution in [1.82, 2.24) is 15.3 Å². The van der Waals surface area contributed by atoms with E-state index in [1.807, 2.05) is 12.3 Å². The van der Waals surface area contributed by atoms with Crippen molar-refractivity contribution in [3.63, 3.8) is 0 Å². The zero-order valence-corrected chi connectivity index (χ0v) is 10.9. The molecule has 0 amide bonds. The lowest BCUT2D eigenvalue weighted by Gasteiger charge is -2.27. The van der Waals surface area contributed by atoms with Crippen molar-refractivity contribution >= 4 is 0 Å². The van der Waals surface area contributed by atoms with E-state index in [2.05, 4.69) is 24.3 Å². The number of rotatable bonds is 4. The molecule has 0 atom stereocenters. The van der Waals surface area contributed by atoms with Crippen LogP contribution in [0.5, 0.6) is 0 Å². The number of nitrogens with one attached hydrogen (secondary N) is 1. The van der Waals surface area contributed by atoms with Gasteiger partial charge >= 0.3 is 0 Å². The van der Waals surface area contributed by atoms with Crippen LogP contribution >= 0.6 is 0 Å². The maximum atomic E-state index is 4.71. The van der Waals surface area contributed by atoms with Crippen LogP contribution in [0.4, 0.5) is 0 Å². The molecule has 17 heavy (non-hydrogen) atoms. The molecular weight excluding hydrogens is 210 g/mol. The Morgan fingerprint density at radius 1 is 1.29 bits per heavy atom. The van der Waals surface area contributed by atoms with Crippen LogP contribution in [0.25, 0.3) is 0 Å². The lowest BCUT2D eigenvalue weighted by atomic mass is 9.85. The first-order valence-corrected chi connectivity index (χ1v) is 6.82. The van der Waals surface area contributed by atoms with Gasteiger partial charge in [-0.05, 0) is 45.2 Å². The first-order chi connectivity index (χ1) is 8.33. The topological polar surface area (TPSA) is 37.8 Å². The van der Waals surface area contributed by atoms with Gasteiger partial charge in [-0.2, -0.15) is 0 Å². The summed E-state index contributed by atoms with van der Waals surface area (Å²) >= 11 is 0. The van der Waals surface area contributed by atoms with E-state index in [1.165, 1.54) is 31.4 Å². The molecule has 1 aliphatic carbocycles. The van der Waals surface area contributed by atoms with Gasteiger partial charge in [-0.3, -0.25) is 0 Å². The van der Waals surface area contributed by atoms with Crippen molar-refractivity contribution in [2.45, 2.75) is 57.4 Å². The summed E-state index contributed by atoms with van der Waals surface area (Å²) < 4.78 is 0. The first-order valence-electron chi connectivity index (χ1n) is 6.82. The van der Waals surface area contributed by atoms with Crippen LogP contribution in [-0.4, -0.2) is 23.1 Å². The summed E-state index contributed by atoms with van der Waals surface area (Å²) in [6.07, 6.45) is 9.11. The molecule has 0 spiro atoms. The summed E-state index contributed by atoms with van der Waals surface area (Å²) in [6.45, 7) is 2.19. The number of nitrogens with zero attached hydrogens (tertiary/aromatic N) is 2. The first kappa shape index (κ1) is 12.5. The SMILES string of the molecule is CCCc1ccnc(C2CCC(NC)CC2)n1. The molecule has 0 unspecified atom stereocenters. The highest BCUT2D eigenvalue weighted by molar-refractivity contribution is 5.07. The van der Waals surface area contributed by atoms with Crippen molar-refractivity contribution in [2.75, 3.05) is 7.05 Å². The highest BCUT2D eigenvalue weighted by atomic mass is 14.9. The lowest BCUT2D eigenvalue weighted by Crippen LogP contribution is -2.30. The second kappa shape index (κ2) is 6.10. The van der Waals surface area contributed by atoms with Gasteiger partial charge in [-0.1, -0.05) is 13.3 Å². The van der Waals surface area contributed by atoms with Crippen LogP contribution in [0.1, 0.15) is 56.5 Å². The van der Waals surface area contributed by atoms with Gasteiger partial charge in [0.25, 0.3) is 0 Å². The van der Waals surface area contributed by atoms with Crippen molar-refractivity contribution in [1.29, 1.82) is 0 Å². The molecule has 94 valence electrons. The summed E-state index contributed by atoms with van der Waals surface area (Å²) in [5.41, 5.74) is 1.20. The summed E-state index contributed by atoms with van der Waals surface area (Å²) in [5.74, 6) is 1.65. The third-order valence-corrected chi connectivity index (χ3v) is 3.74. The second-order valence-corrected chi connectivity index (χ2v) is 4.99. The Balaban J connectivity index is 2.00. The van der Waals surface area contributed by atoms with Crippen molar-refractivity contribution in [3.05, 3.63) is 23.8 Å².